The summed E-state index contributed by atoms with van der Waals surface area (Å²) in [5.41, 5.74) is 1.18. The highest BCUT2D eigenvalue weighted by atomic mass is 35.5. The number of thiazole rings is 1. The van der Waals surface area contributed by atoms with Crippen LogP contribution in [0.4, 0.5) is 10.8 Å². The number of carbonyl (C=O) groups excluding carboxylic acids is 1. The first-order valence-electron chi connectivity index (χ1n) is 11.2. The van der Waals surface area contributed by atoms with Gasteiger partial charge in [-0.1, -0.05) is 31.3 Å². The minimum atomic E-state index is -0.594. The summed E-state index contributed by atoms with van der Waals surface area (Å²) < 4.78 is 16.9. The highest BCUT2D eigenvalue weighted by molar-refractivity contribution is 7.22. The van der Waals surface area contributed by atoms with E-state index in [2.05, 4.69) is 4.90 Å². The zero-order valence-corrected chi connectivity index (χ0v) is 22.8. The van der Waals surface area contributed by atoms with Crippen LogP contribution >= 0.6 is 23.7 Å². The third-order valence-electron chi connectivity index (χ3n) is 5.85. The number of nitrogens with zero attached hydrogens (tertiary/aromatic N) is 4. The van der Waals surface area contributed by atoms with E-state index in [1.807, 2.05) is 32.9 Å². The second kappa shape index (κ2) is 12.7. The summed E-state index contributed by atoms with van der Waals surface area (Å²) in [5.74, 6) is 0.458. The van der Waals surface area contributed by atoms with Gasteiger partial charge in [0, 0.05) is 19.2 Å². The molecule has 10 nitrogen and oxygen atoms in total. The summed E-state index contributed by atoms with van der Waals surface area (Å²) in [7, 11) is 4.37. The maximum atomic E-state index is 13.9. The van der Waals surface area contributed by atoms with Crippen molar-refractivity contribution >= 4 is 50.7 Å². The van der Waals surface area contributed by atoms with E-state index in [1.165, 1.54) is 42.6 Å². The number of amides is 1. The van der Waals surface area contributed by atoms with Crippen LogP contribution in [0.2, 0.25) is 0 Å². The van der Waals surface area contributed by atoms with Gasteiger partial charge in [0.2, 0.25) is 0 Å². The molecule has 1 aromatic heterocycles. The van der Waals surface area contributed by atoms with Gasteiger partial charge in [-0.05, 0) is 31.6 Å². The predicted octanol–water partition coefficient (Wildman–Crippen LogP) is 4.95. The summed E-state index contributed by atoms with van der Waals surface area (Å²) in [5, 5.41) is 12.3. The monoisotopic (exact) mass is 538 g/mol. The molecule has 0 bridgehead atoms. The molecule has 1 amide bonds. The standard InChI is InChI=1S/C24H30N4O6S.ClH/c1-7-26(8-2)11-12-27(24-25-21-18(32-4)10-9-15(3)22(21)35-24)23(29)16-13-19(33-5)20(34-6)14-17(16)28(30)31;/h9-10,13-14H,7-8,11-12H2,1-6H3;1H. The Morgan fingerprint density at radius 1 is 1.03 bits per heavy atom. The molecule has 0 aliphatic carbocycles. The average Bonchev–Trinajstić information content (AvgIpc) is 3.31. The molecule has 0 saturated heterocycles. The van der Waals surface area contributed by atoms with Gasteiger partial charge in [-0.15, -0.1) is 12.4 Å². The third-order valence-corrected chi connectivity index (χ3v) is 7.07. The van der Waals surface area contributed by atoms with E-state index in [9.17, 15) is 14.9 Å². The summed E-state index contributed by atoms with van der Waals surface area (Å²) in [4.78, 5) is 33.6. The lowest BCUT2D eigenvalue weighted by atomic mass is 10.1. The van der Waals surface area contributed by atoms with Crippen molar-refractivity contribution < 1.29 is 23.9 Å². The summed E-state index contributed by atoms with van der Waals surface area (Å²) in [6.07, 6.45) is 0. The molecule has 3 aromatic rings. The zero-order chi connectivity index (χ0) is 25.7. The Morgan fingerprint density at radius 3 is 2.19 bits per heavy atom. The number of hydrogen-bond donors (Lipinski definition) is 0. The molecule has 0 fully saturated rings. The van der Waals surface area contributed by atoms with Crippen LogP contribution in [0.15, 0.2) is 24.3 Å². The molecule has 0 saturated carbocycles. The number of benzene rings is 2. The van der Waals surface area contributed by atoms with E-state index < -0.39 is 10.8 Å². The van der Waals surface area contributed by atoms with Crippen molar-refractivity contribution in [3.63, 3.8) is 0 Å². The number of anilines is 1. The SMILES string of the molecule is CCN(CC)CCN(C(=O)c1cc(OC)c(OC)cc1[N+](=O)[O-])c1nc2c(OC)ccc(C)c2s1.Cl. The Kier molecular flexibility index (Phi) is 10.3. The molecule has 0 unspecified atom stereocenters. The number of aryl methyl sites for hydroxylation is 1. The second-order valence-corrected chi connectivity index (χ2v) is 8.70. The van der Waals surface area contributed by atoms with Crippen LogP contribution in [0.25, 0.3) is 10.2 Å². The highest BCUT2D eigenvalue weighted by Crippen LogP contribution is 2.39. The fourth-order valence-electron chi connectivity index (χ4n) is 3.78. The lowest BCUT2D eigenvalue weighted by molar-refractivity contribution is -0.385. The van der Waals surface area contributed by atoms with Crippen molar-refractivity contribution in [2.45, 2.75) is 20.8 Å². The molecule has 0 atom stereocenters. The number of likely N-dealkylation sites (N-methyl/N-ethyl adjacent to an activating group) is 1. The lowest BCUT2D eigenvalue weighted by Gasteiger charge is -2.25. The Bertz CT molecular complexity index is 1230. The number of fused-ring (bicyclic) bond motifs is 1. The van der Waals surface area contributed by atoms with Gasteiger partial charge in [0.25, 0.3) is 11.6 Å². The smallest absolute Gasteiger partial charge is 0.286 e. The van der Waals surface area contributed by atoms with E-state index in [4.69, 9.17) is 19.2 Å². The molecule has 196 valence electrons. The minimum Gasteiger partial charge on any atom is -0.494 e. The molecular weight excluding hydrogens is 508 g/mol. The number of aromatic nitrogens is 1. The lowest BCUT2D eigenvalue weighted by Crippen LogP contribution is -2.39. The van der Waals surface area contributed by atoms with Crippen molar-refractivity contribution in [2.75, 3.05) is 52.4 Å². The molecule has 0 spiro atoms. The fraction of sp³-hybridized carbons (Fsp3) is 0.417. The average molecular weight is 539 g/mol. The minimum absolute atomic E-state index is 0. The van der Waals surface area contributed by atoms with E-state index in [-0.39, 0.29) is 35.2 Å². The summed E-state index contributed by atoms with van der Waals surface area (Å²) >= 11 is 1.35. The largest absolute Gasteiger partial charge is 0.494 e. The van der Waals surface area contributed by atoms with Crippen molar-refractivity contribution in [3.8, 4) is 17.2 Å². The molecule has 0 aliphatic rings. The molecular formula is C24H31ClN4O6S. The number of rotatable bonds is 11. The van der Waals surface area contributed by atoms with Crippen molar-refractivity contribution in [2.24, 2.45) is 0 Å². The fourth-order valence-corrected chi connectivity index (χ4v) is 4.86. The number of ether oxygens (including phenoxy) is 3. The molecule has 0 aliphatic heterocycles. The van der Waals surface area contributed by atoms with Crippen LogP contribution in [0.5, 0.6) is 17.2 Å². The number of nitro groups is 1. The Morgan fingerprint density at radius 2 is 1.64 bits per heavy atom. The Hall–Kier alpha value is -3.15. The molecule has 2 aromatic carbocycles. The van der Waals surface area contributed by atoms with E-state index in [1.54, 1.807) is 7.11 Å². The van der Waals surface area contributed by atoms with Crippen LogP contribution in [0.1, 0.15) is 29.8 Å². The van der Waals surface area contributed by atoms with E-state index in [0.717, 1.165) is 23.4 Å². The third kappa shape index (κ3) is 5.80. The molecule has 12 heteroatoms. The highest BCUT2D eigenvalue weighted by Gasteiger charge is 2.31. The number of hydrogen-bond acceptors (Lipinski definition) is 9. The first-order chi connectivity index (χ1) is 16.8. The number of methoxy groups -OCH3 is 3. The van der Waals surface area contributed by atoms with Crippen LogP contribution in [-0.4, -0.2) is 68.2 Å². The second-order valence-electron chi connectivity index (χ2n) is 7.72. The van der Waals surface area contributed by atoms with Crippen molar-refractivity contribution in [3.05, 3.63) is 45.5 Å². The number of nitro benzene ring substituents is 1. The van der Waals surface area contributed by atoms with E-state index in [0.29, 0.717) is 29.5 Å². The maximum absolute atomic E-state index is 13.9. The molecule has 36 heavy (non-hydrogen) atoms. The van der Waals surface area contributed by atoms with Crippen LogP contribution in [0.3, 0.4) is 0 Å². The Balaban J connectivity index is 0.00000456. The van der Waals surface area contributed by atoms with Gasteiger partial charge in [-0.25, -0.2) is 4.98 Å². The van der Waals surface area contributed by atoms with Crippen molar-refractivity contribution in [1.82, 2.24) is 9.88 Å². The first-order valence-corrected chi connectivity index (χ1v) is 12.0. The predicted molar refractivity (Wildman–Crippen MR) is 144 cm³/mol. The molecule has 0 N–H and O–H groups in total. The molecule has 0 radical (unpaired) electrons. The van der Waals surface area contributed by atoms with E-state index >= 15 is 0 Å². The van der Waals surface area contributed by atoms with Crippen LogP contribution < -0.4 is 19.1 Å². The quantitative estimate of drug-likeness (QED) is 0.249. The van der Waals surface area contributed by atoms with Gasteiger partial charge >= 0.3 is 0 Å². The molecule has 3 rings (SSSR count). The van der Waals surface area contributed by atoms with Gasteiger partial charge in [0.1, 0.15) is 16.8 Å². The summed E-state index contributed by atoms with van der Waals surface area (Å²) in [6.45, 7) is 8.54. The van der Waals surface area contributed by atoms with Gasteiger partial charge in [-0.2, -0.15) is 0 Å². The molecule has 1 heterocycles. The zero-order valence-electron chi connectivity index (χ0n) is 21.2. The first kappa shape index (κ1) is 29.1. The number of halogens is 1. The Labute approximate surface area is 220 Å². The normalized spacial score (nSPS) is 10.8. The van der Waals surface area contributed by atoms with Gasteiger partial charge in [-0.3, -0.25) is 19.8 Å². The van der Waals surface area contributed by atoms with Crippen LogP contribution in [0, 0.1) is 17.0 Å². The van der Waals surface area contributed by atoms with Gasteiger partial charge in [0.05, 0.1) is 37.0 Å². The maximum Gasteiger partial charge on any atom is 0.286 e. The van der Waals surface area contributed by atoms with Gasteiger partial charge in [0.15, 0.2) is 16.6 Å². The summed E-state index contributed by atoms with van der Waals surface area (Å²) in [6, 6.07) is 6.33. The number of carbonyl (C=O) groups is 1. The topological polar surface area (TPSA) is 107 Å². The van der Waals surface area contributed by atoms with Crippen molar-refractivity contribution in [1.29, 1.82) is 0 Å². The van der Waals surface area contributed by atoms with Crippen LogP contribution in [-0.2, 0) is 0 Å². The van der Waals surface area contributed by atoms with Gasteiger partial charge < -0.3 is 19.1 Å².